The number of carbonyl (C=O) groups is 1. The Morgan fingerprint density at radius 1 is 1.21 bits per heavy atom. The second-order valence-electron chi connectivity index (χ2n) is 10.9. The van der Waals surface area contributed by atoms with Crippen molar-refractivity contribution >= 4 is 5.91 Å². The number of nitrogens with zero attached hydrogens (tertiary/aromatic N) is 4. The summed E-state index contributed by atoms with van der Waals surface area (Å²) >= 11 is 0. The molecule has 3 unspecified atom stereocenters. The normalized spacial score (nSPS) is 31.0. The second kappa shape index (κ2) is 7.78. The van der Waals surface area contributed by atoms with E-state index >= 15 is 0 Å². The van der Waals surface area contributed by atoms with E-state index in [0.717, 1.165) is 49.2 Å². The number of aromatic nitrogens is 2. The molecule has 1 aromatic carbocycles. The van der Waals surface area contributed by atoms with Crippen LogP contribution in [-0.4, -0.2) is 73.5 Å². The molecule has 2 N–H and O–H groups in total. The molecular formula is C26H33FN4O3. The Morgan fingerprint density at radius 2 is 1.97 bits per heavy atom. The number of piperidine rings is 1. The van der Waals surface area contributed by atoms with Crippen LogP contribution in [0, 0.1) is 18.7 Å². The highest BCUT2D eigenvalue weighted by Crippen LogP contribution is 2.57. The van der Waals surface area contributed by atoms with Crippen LogP contribution in [0.3, 0.4) is 0 Å². The number of phenolic OH excluding ortho intramolecular Hbond substituents is 1. The van der Waals surface area contributed by atoms with Gasteiger partial charge in [0.05, 0.1) is 18.0 Å². The second-order valence-corrected chi connectivity index (χ2v) is 10.9. The molecule has 3 heterocycles. The zero-order valence-electron chi connectivity index (χ0n) is 19.7. The molecule has 0 radical (unpaired) electrons. The average Bonchev–Trinajstić information content (AvgIpc) is 3.55. The summed E-state index contributed by atoms with van der Waals surface area (Å²) < 4.78 is 14.7. The smallest absolute Gasteiger partial charge is 0.244 e. The van der Waals surface area contributed by atoms with Gasteiger partial charge < -0.3 is 15.1 Å². The van der Waals surface area contributed by atoms with Crippen LogP contribution in [0.25, 0.3) is 0 Å². The molecule has 34 heavy (non-hydrogen) atoms. The first kappa shape index (κ1) is 22.0. The van der Waals surface area contributed by atoms with E-state index in [-0.39, 0.29) is 24.2 Å². The van der Waals surface area contributed by atoms with Gasteiger partial charge in [-0.25, -0.2) is 4.39 Å². The van der Waals surface area contributed by atoms with Gasteiger partial charge in [0.25, 0.3) is 0 Å². The van der Waals surface area contributed by atoms with E-state index in [0.29, 0.717) is 25.9 Å². The fraction of sp³-hybridized carbons (Fsp3) is 0.615. The highest BCUT2D eigenvalue weighted by atomic mass is 19.1. The molecule has 2 aromatic rings. The molecule has 1 saturated carbocycles. The Balaban J connectivity index is 1.35. The molecule has 6 rings (SSSR count). The SMILES string of the molecule is Cc1cc2c(cc1O)C13CCN(C(=O)Cn4cc(F)cn4)CCC1(O)C(C2)N(CC1CC1)CC3. The summed E-state index contributed by atoms with van der Waals surface area (Å²) in [4.78, 5) is 17.4. The number of hydrogen-bond donors (Lipinski definition) is 2. The lowest BCUT2D eigenvalue weighted by Crippen LogP contribution is -2.71. The van der Waals surface area contributed by atoms with Crippen LogP contribution in [0.5, 0.6) is 5.75 Å². The van der Waals surface area contributed by atoms with Gasteiger partial charge in [0.2, 0.25) is 5.91 Å². The number of aliphatic hydroxyl groups is 1. The van der Waals surface area contributed by atoms with Crippen molar-refractivity contribution in [1.29, 1.82) is 0 Å². The number of likely N-dealkylation sites (tertiary alicyclic amines) is 2. The first-order valence-corrected chi connectivity index (χ1v) is 12.5. The number of rotatable bonds is 4. The van der Waals surface area contributed by atoms with Gasteiger partial charge in [0.15, 0.2) is 5.82 Å². The quantitative estimate of drug-likeness (QED) is 0.720. The predicted molar refractivity (Wildman–Crippen MR) is 124 cm³/mol. The Labute approximate surface area is 199 Å². The van der Waals surface area contributed by atoms with Crippen LogP contribution in [0.4, 0.5) is 4.39 Å². The van der Waals surface area contributed by atoms with Crippen molar-refractivity contribution in [3.05, 3.63) is 47.0 Å². The first-order chi connectivity index (χ1) is 16.3. The molecule has 7 nitrogen and oxygen atoms in total. The summed E-state index contributed by atoms with van der Waals surface area (Å²) in [6.45, 7) is 4.86. The number of fused-ring (bicyclic) bond motifs is 1. The first-order valence-electron chi connectivity index (χ1n) is 12.5. The molecule has 2 aliphatic heterocycles. The van der Waals surface area contributed by atoms with Crippen LogP contribution >= 0.6 is 0 Å². The summed E-state index contributed by atoms with van der Waals surface area (Å²) in [7, 11) is 0. The number of phenols is 1. The minimum atomic E-state index is -0.971. The molecule has 2 aliphatic carbocycles. The Bertz CT molecular complexity index is 1130. The number of benzene rings is 1. The zero-order chi connectivity index (χ0) is 23.7. The van der Waals surface area contributed by atoms with E-state index in [1.807, 2.05) is 13.0 Å². The third-order valence-corrected chi connectivity index (χ3v) is 9.01. The van der Waals surface area contributed by atoms with Crippen LogP contribution in [0.15, 0.2) is 24.5 Å². The minimum Gasteiger partial charge on any atom is -0.508 e. The molecule has 3 atom stereocenters. The molecular weight excluding hydrogens is 435 g/mol. The van der Waals surface area contributed by atoms with E-state index < -0.39 is 16.8 Å². The van der Waals surface area contributed by atoms with E-state index in [1.165, 1.54) is 29.3 Å². The van der Waals surface area contributed by atoms with E-state index in [4.69, 9.17) is 0 Å². The summed E-state index contributed by atoms with van der Waals surface area (Å²) in [6, 6.07) is 3.99. The highest BCUT2D eigenvalue weighted by Gasteiger charge is 2.63. The van der Waals surface area contributed by atoms with Gasteiger partial charge in [-0.2, -0.15) is 5.10 Å². The summed E-state index contributed by atoms with van der Waals surface area (Å²) in [6.07, 6.45) is 7.59. The van der Waals surface area contributed by atoms with Crippen molar-refractivity contribution in [2.75, 3.05) is 26.2 Å². The van der Waals surface area contributed by atoms with Gasteiger partial charge >= 0.3 is 0 Å². The van der Waals surface area contributed by atoms with Gasteiger partial charge in [0.1, 0.15) is 12.3 Å². The highest BCUT2D eigenvalue weighted by molar-refractivity contribution is 5.76. The van der Waals surface area contributed by atoms with Crippen molar-refractivity contribution in [3.8, 4) is 5.75 Å². The Hall–Kier alpha value is -2.45. The zero-order valence-corrected chi connectivity index (χ0v) is 19.7. The number of halogens is 1. The average molecular weight is 469 g/mol. The molecule has 2 saturated heterocycles. The standard InChI is InChI=1S/C26H33FN4O3/c1-17-10-19-11-23-26(34)6-9-29(24(33)16-31-15-20(27)13-28-31)7-4-25(26,21(19)12-22(17)32)5-8-30(23)14-18-2-3-18/h10,12-13,15,18,23,32,34H,2-9,11,14,16H2,1H3. The topological polar surface area (TPSA) is 81.8 Å². The van der Waals surface area contributed by atoms with Crippen molar-refractivity contribution in [2.45, 2.75) is 69.1 Å². The van der Waals surface area contributed by atoms with Gasteiger partial charge in [-0.05, 0) is 80.7 Å². The monoisotopic (exact) mass is 468 g/mol. The van der Waals surface area contributed by atoms with E-state index in [1.54, 1.807) is 4.90 Å². The van der Waals surface area contributed by atoms with Crippen LogP contribution in [-0.2, 0) is 23.2 Å². The summed E-state index contributed by atoms with van der Waals surface area (Å²) in [5, 5.41) is 27.0. The third-order valence-electron chi connectivity index (χ3n) is 9.01. The van der Waals surface area contributed by atoms with Gasteiger partial charge in [-0.1, -0.05) is 6.07 Å². The maximum Gasteiger partial charge on any atom is 0.244 e. The summed E-state index contributed by atoms with van der Waals surface area (Å²) in [5.74, 6) is 0.432. The lowest BCUT2D eigenvalue weighted by atomic mass is 9.52. The lowest BCUT2D eigenvalue weighted by molar-refractivity contribution is -0.149. The fourth-order valence-corrected chi connectivity index (χ4v) is 6.96. The van der Waals surface area contributed by atoms with Gasteiger partial charge in [-0.3, -0.25) is 14.4 Å². The lowest BCUT2D eigenvalue weighted by Gasteiger charge is -2.61. The molecule has 3 fully saturated rings. The molecule has 0 spiro atoms. The molecule has 182 valence electrons. The number of aromatic hydroxyl groups is 1. The van der Waals surface area contributed by atoms with Crippen molar-refractivity contribution in [2.24, 2.45) is 5.92 Å². The molecule has 2 bridgehead atoms. The van der Waals surface area contributed by atoms with Gasteiger partial charge in [0, 0.05) is 31.1 Å². The minimum absolute atomic E-state index is 0.00792. The number of carbonyl (C=O) groups excluding carboxylic acids is 1. The van der Waals surface area contributed by atoms with E-state index in [2.05, 4.69) is 16.1 Å². The molecule has 1 amide bonds. The van der Waals surface area contributed by atoms with Crippen molar-refractivity contribution in [3.63, 3.8) is 0 Å². The maximum atomic E-state index is 13.3. The third kappa shape index (κ3) is 3.37. The van der Waals surface area contributed by atoms with Crippen molar-refractivity contribution in [1.82, 2.24) is 19.6 Å². The number of hydrogen-bond acceptors (Lipinski definition) is 5. The Kier molecular flexibility index (Phi) is 5.04. The number of amides is 1. The van der Waals surface area contributed by atoms with Gasteiger partial charge in [-0.15, -0.1) is 0 Å². The van der Waals surface area contributed by atoms with Crippen LogP contribution in [0.1, 0.15) is 48.8 Å². The van der Waals surface area contributed by atoms with Crippen LogP contribution < -0.4 is 0 Å². The number of aryl methyl sites for hydroxylation is 1. The van der Waals surface area contributed by atoms with Crippen molar-refractivity contribution < 1.29 is 19.4 Å². The molecule has 1 aromatic heterocycles. The Morgan fingerprint density at radius 3 is 2.71 bits per heavy atom. The maximum absolute atomic E-state index is 13.3. The predicted octanol–water partition coefficient (Wildman–Crippen LogP) is 2.37. The largest absolute Gasteiger partial charge is 0.508 e. The molecule has 4 aliphatic rings. The van der Waals surface area contributed by atoms with Crippen LogP contribution in [0.2, 0.25) is 0 Å². The molecule has 8 heteroatoms. The van der Waals surface area contributed by atoms with E-state index in [9.17, 15) is 19.4 Å². The fourth-order valence-electron chi connectivity index (χ4n) is 6.96. The summed E-state index contributed by atoms with van der Waals surface area (Å²) in [5.41, 5.74) is 1.68.